The van der Waals surface area contributed by atoms with E-state index in [9.17, 15) is 14.0 Å². The summed E-state index contributed by atoms with van der Waals surface area (Å²) >= 11 is 6.11. The number of carbonyl (C=O) groups is 2. The number of hydrogen-bond acceptors (Lipinski definition) is 2. The van der Waals surface area contributed by atoms with Gasteiger partial charge in [0.15, 0.2) is 0 Å². The van der Waals surface area contributed by atoms with E-state index in [4.69, 9.17) is 11.6 Å². The number of nitrogens with one attached hydrogen (secondary N) is 1. The number of carbonyl (C=O) groups excluding carboxylic acids is 2. The number of amides is 2. The molecule has 4 nitrogen and oxygen atoms in total. The van der Waals surface area contributed by atoms with Crippen LogP contribution in [-0.4, -0.2) is 28.8 Å². The molecule has 0 aliphatic rings. The molecule has 29 heavy (non-hydrogen) atoms. The Labute approximate surface area is 177 Å². The highest BCUT2D eigenvalue weighted by molar-refractivity contribution is 6.31. The summed E-state index contributed by atoms with van der Waals surface area (Å²) in [6.07, 6.45) is 0.240. The Balaban J connectivity index is 2.36. The lowest BCUT2D eigenvalue weighted by Gasteiger charge is -2.31. The van der Waals surface area contributed by atoms with E-state index in [1.54, 1.807) is 6.07 Å². The lowest BCUT2D eigenvalue weighted by atomic mass is 10.0. The average Bonchev–Trinajstić information content (AvgIpc) is 2.64. The molecule has 0 aliphatic heterocycles. The van der Waals surface area contributed by atoms with Crippen molar-refractivity contribution in [1.29, 1.82) is 0 Å². The number of benzene rings is 2. The zero-order valence-corrected chi connectivity index (χ0v) is 18.1. The van der Waals surface area contributed by atoms with Crippen molar-refractivity contribution in [3.05, 3.63) is 70.0 Å². The van der Waals surface area contributed by atoms with Gasteiger partial charge in [0.05, 0.1) is 6.42 Å². The molecular formula is C23H28ClFN2O2. The van der Waals surface area contributed by atoms with E-state index in [0.717, 1.165) is 11.1 Å². The van der Waals surface area contributed by atoms with Gasteiger partial charge in [0.2, 0.25) is 11.8 Å². The van der Waals surface area contributed by atoms with Crippen molar-refractivity contribution in [2.75, 3.05) is 0 Å². The van der Waals surface area contributed by atoms with E-state index in [1.807, 2.05) is 52.0 Å². The molecule has 156 valence electrons. The second-order valence-electron chi connectivity index (χ2n) is 7.48. The molecule has 0 spiro atoms. The molecule has 2 aromatic rings. The van der Waals surface area contributed by atoms with Crippen molar-refractivity contribution in [3.8, 4) is 0 Å². The van der Waals surface area contributed by atoms with Crippen LogP contribution in [0.15, 0.2) is 42.5 Å². The predicted octanol–water partition coefficient (Wildman–Crippen LogP) is 4.66. The Morgan fingerprint density at radius 2 is 1.86 bits per heavy atom. The molecule has 1 N–H and O–H groups in total. The normalized spacial score (nSPS) is 12.0. The number of rotatable bonds is 8. The topological polar surface area (TPSA) is 49.4 Å². The lowest BCUT2D eigenvalue weighted by molar-refractivity contribution is -0.141. The molecule has 0 radical (unpaired) electrons. The van der Waals surface area contributed by atoms with Crippen molar-refractivity contribution >= 4 is 23.4 Å². The molecule has 0 saturated carbocycles. The van der Waals surface area contributed by atoms with E-state index in [0.29, 0.717) is 6.42 Å². The molecule has 0 fully saturated rings. The third kappa shape index (κ3) is 6.29. The summed E-state index contributed by atoms with van der Waals surface area (Å²) < 4.78 is 14.2. The van der Waals surface area contributed by atoms with Crippen LogP contribution in [-0.2, 0) is 22.6 Å². The third-order valence-corrected chi connectivity index (χ3v) is 5.00. The van der Waals surface area contributed by atoms with E-state index in [-0.39, 0.29) is 41.4 Å². The molecule has 2 aromatic carbocycles. The Morgan fingerprint density at radius 3 is 2.45 bits per heavy atom. The molecule has 0 heterocycles. The summed E-state index contributed by atoms with van der Waals surface area (Å²) in [6, 6.07) is 11.4. The molecule has 6 heteroatoms. The molecule has 0 unspecified atom stereocenters. The maximum atomic E-state index is 14.2. The number of hydrogen-bond donors (Lipinski definition) is 1. The minimum atomic E-state index is -0.657. The van der Waals surface area contributed by atoms with Crippen LogP contribution in [0.1, 0.15) is 43.9 Å². The van der Waals surface area contributed by atoms with Crippen molar-refractivity contribution in [2.45, 2.75) is 59.2 Å². The minimum absolute atomic E-state index is 0.0477. The fourth-order valence-corrected chi connectivity index (χ4v) is 3.49. The van der Waals surface area contributed by atoms with Gasteiger partial charge in [-0.25, -0.2) is 4.39 Å². The lowest BCUT2D eigenvalue weighted by Crippen LogP contribution is -2.50. The van der Waals surface area contributed by atoms with Crippen LogP contribution in [0.4, 0.5) is 4.39 Å². The van der Waals surface area contributed by atoms with Crippen molar-refractivity contribution in [2.24, 2.45) is 0 Å². The van der Waals surface area contributed by atoms with Gasteiger partial charge in [-0.1, -0.05) is 54.4 Å². The van der Waals surface area contributed by atoms with Crippen LogP contribution in [0, 0.1) is 12.7 Å². The fourth-order valence-electron chi connectivity index (χ4n) is 3.26. The molecule has 0 bridgehead atoms. The number of halogens is 2. The first-order valence-electron chi connectivity index (χ1n) is 9.81. The van der Waals surface area contributed by atoms with Gasteiger partial charge in [-0.2, -0.15) is 0 Å². The Hall–Kier alpha value is -2.40. The zero-order valence-electron chi connectivity index (χ0n) is 17.3. The quantitative estimate of drug-likeness (QED) is 0.677. The largest absolute Gasteiger partial charge is 0.352 e. The highest BCUT2D eigenvalue weighted by Crippen LogP contribution is 2.22. The van der Waals surface area contributed by atoms with E-state index in [1.165, 1.54) is 17.0 Å². The monoisotopic (exact) mass is 418 g/mol. The molecule has 0 aliphatic carbocycles. The van der Waals surface area contributed by atoms with Gasteiger partial charge in [0.1, 0.15) is 11.9 Å². The summed E-state index contributed by atoms with van der Waals surface area (Å²) in [6.45, 7) is 7.83. The molecule has 0 aromatic heterocycles. The average molecular weight is 419 g/mol. The SMILES string of the molecule is CC[C@@H](C(=O)NC(C)C)N(Cc1cccc(C)c1)C(=O)Cc1c(F)cccc1Cl. The van der Waals surface area contributed by atoms with Gasteiger partial charge in [-0.05, 0) is 44.9 Å². The second kappa shape index (κ2) is 10.4. The zero-order chi connectivity index (χ0) is 21.6. The van der Waals surface area contributed by atoms with Gasteiger partial charge < -0.3 is 10.2 Å². The van der Waals surface area contributed by atoms with Gasteiger partial charge >= 0.3 is 0 Å². The summed E-state index contributed by atoms with van der Waals surface area (Å²) in [5, 5.41) is 3.08. The first kappa shape index (κ1) is 22.9. The van der Waals surface area contributed by atoms with E-state index in [2.05, 4.69) is 5.32 Å². The first-order valence-corrected chi connectivity index (χ1v) is 10.2. The van der Waals surface area contributed by atoms with Crippen molar-refractivity contribution < 1.29 is 14.0 Å². The molecule has 0 saturated heterocycles. The van der Waals surface area contributed by atoms with Crippen LogP contribution in [0.5, 0.6) is 0 Å². The predicted molar refractivity (Wildman–Crippen MR) is 114 cm³/mol. The smallest absolute Gasteiger partial charge is 0.243 e. The van der Waals surface area contributed by atoms with Crippen LogP contribution in [0.25, 0.3) is 0 Å². The van der Waals surface area contributed by atoms with E-state index >= 15 is 0 Å². The van der Waals surface area contributed by atoms with Gasteiger partial charge in [-0.15, -0.1) is 0 Å². The van der Waals surface area contributed by atoms with E-state index < -0.39 is 11.9 Å². The molecule has 2 rings (SSSR count). The van der Waals surface area contributed by atoms with Crippen LogP contribution < -0.4 is 5.32 Å². The fraction of sp³-hybridized carbons (Fsp3) is 0.391. The van der Waals surface area contributed by atoms with Gasteiger partial charge in [-0.3, -0.25) is 9.59 Å². The summed E-state index contributed by atoms with van der Waals surface area (Å²) in [7, 11) is 0. The van der Waals surface area contributed by atoms with Crippen molar-refractivity contribution in [1.82, 2.24) is 10.2 Å². The van der Waals surface area contributed by atoms with Crippen LogP contribution in [0.3, 0.4) is 0 Å². The number of nitrogens with zero attached hydrogens (tertiary/aromatic N) is 1. The molecular weight excluding hydrogens is 391 g/mol. The summed E-state index contributed by atoms with van der Waals surface area (Å²) in [5.41, 5.74) is 2.12. The number of aryl methyl sites for hydroxylation is 1. The highest BCUT2D eigenvalue weighted by atomic mass is 35.5. The first-order chi connectivity index (χ1) is 13.7. The standard InChI is InChI=1S/C23H28ClFN2O2/c1-5-21(23(29)26-15(2)3)27(14-17-9-6-8-16(4)12-17)22(28)13-18-19(24)10-7-11-20(18)25/h6-12,15,21H,5,13-14H2,1-4H3,(H,26,29)/t21-/m0/s1. The minimum Gasteiger partial charge on any atom is -0.352 e. The van der Waals surface area contributed by atoms with Crippen molar-refractivity contribution in [3.63, 3.8) is 0 Å². The Kier molecular flexibility index (Phi) is 8.21. The second-order valence-corrected chi connectivity index (χ2v) is 7.88. The molecule has 2 amide bonds. The van der Waals surface area contributed by atoms with Gasteiger partial charge in [0, 0.05) is 23.2 Å². The Morgan fingerprint density at radius 1 is 1.17 bits per heavy atom. The molecule has 1 atom stereocenters. The Bertz CT molecular complexity index is 849. The third-order valence-electron chi connectivity index (χ3n) is 4.64. The van der Waals surface area contributed by atoms with Gasteiger partial charge in [0.25, 0.3) is 0 Å². The summed E-state index contributed by atoms with van der Waals surface area (Å²) in [5.74, 6) is -1.09. The highest BCUT2D eigenvalue weighted by Gasteiger charge is 2.29. The van der Waals surface area contributed by atoms with Crippen LogP contribution in [0.2, 0.25) is 5.02 Å². The van der Waals surface area contributed by atoms with Crippen LogP contribution >= 0.6 is 11.6 Å². The maximum absolute atomic E-state index is 14.2. The summed E-state index contributed by atoms with van der Waals surface area (Å²) in [4.78, 5) is 27.5. The maximum Gasteiger partial charge on any atom is 0.243 e.